The molecule has 0 aliphatic heterocycles. The number of hydrogen-bond donors (Lipinski definition) is 0. The fraction of sp³-hybridized carbons (Fsp3) is 1.00. The quantitative estimate of drug-likeness (QED) is 0.343. The molecule has 0 aromatic carbocycles. The Morgan fingerprint density at radius 1 is 0.875 bits per heavy atom. The third-order valence-electron chi connectivity index (χ3n) is 1.90. The van der Waals surface area contributed by atoms with E-state index in [2.05, 4.69) is 16.3 Å². The van der Waals surface area contributed by atoms with Gasteiger partial charge in [-0.1, -0.05) is 0 Å². The molecule has 0 spiro atoms. The maximum atomic E-state index is 2.94. The van der Waals surface area contributed by atoms with E-state index in [9.17, 15) is 0 Å². The van der Waals surface area contributed by atoms with E-state index in [1.54, 1.807) is 0 Å². The van der Waals surface area contributed by atoms with Crippen molar-refractivity contribution in [2.45, 2.75) is 43.3 Å². The van der Waals surface area contributed by atoms with E-state index >= 15 is 0 Å². The van der Waals surface area contributed by atoms with Gasteiger partial charge in [0, 0.05) is 0 Å². The van der Waals surface area contributed by atoms with Gasteiger partial charge in [-0.25, -0.2) is 0 Å². The van der Waals surface area contributed by atoms with E-state index in [0.29, 0.717) is 0 Å². The van der Waals surface area contributed by atoms with Crippen LogP contribution in [0.1, 0.15) is 38.5 Å². The summed E-state index contributed by atoms with van der Waals surface area (Å²) in [6.07, 6.45) is 8.79. The SMILES string of the molecule is [Al+2][CH]1CCCCCC1. The molecule has 0 atom stereocenters. The monoisotopic (exact) mass is 124 g/mol. The van der Waals surface area contributed by atoms with Crippen LogP contribution in [-0.2, 0) is 0 Å². The molecule has 0 amide bonds. The fourth-order valence-corrected chi connectivity index (χ4v) is 1.78. The first-order valence-corrected chi connectivity index (χ1v) is 4.32. The molecule has 1 aliphatic carbocycles. The van der Waals surface area contributed by atoms with E-state index < -0.39 is 0 Å². The van der Waals surface area contributed by atoms with Gasteiger partial charge in [0.05, 0.1) is 0 Å². The molecule has 0 unspecified atom stereocenters. The molecule has 0 aromatic rings. The molecule has 0 nitrogen and oxygen atoms in total. The molecular weight excluding hydrogens is 111 g/mol. The predicted octanol–water partition coefficient (Wildman–Crippen LogP) is 2.30. The zero-order valence-electron chi connectivity index (χ0n) is 5.40. The third kappa shape index (κ3) is 2.20. The molecule has 0 radical (unpaired) electrons. The van der Waals surface area contributed by atoms with Gasteiger partial charge in [-0.3, -0.25) is 0 Å². The van der Waals surface area contributed by atoms with Crippen molar-refractivity contribution in [2.24, 2.45) is 0 Å². The van der Waals surface area contributed by atoms with Gasteiger partial charge >= 0.3 is 59.6 Å². The second kappa shape index (κ2) is 3.54. The first-order chi connectivity index (χ1) is 3.89. The molecule has 1 heteroatoms. The summed E-state index contributed by atoms with van der Waals surface area (Å²) in [5.41, 5.74) is 0. The second-order valence-corrected chi connectivity index (χ2v) is 3.69. The summed E-state index contributed by atoms with van der Waals surface area (Å²) in [7, 11) is 0. The standard InChI is InChI=1S/C7H13.Al/c1-2-4-6-7-5-3-1;/h1H,2-7H2;/q;+2. The van der Waals surface area contributed by atoms with Crippen LogP contribution in [0.15, 0.2) is 0 Å². The normalized spacial score (nSPS) is 25.2. The van der Waals surface area contributed by atoms with Crippen LogP contribution in [0, 0.1) is 0 Å². The summed E-state index contributed by atoms with van der Waals surface area (Å²) in [5, 5.41) is 0. The summed E-state index contributed by atoms with van der Waals surface area (Å²) in [5.74, 6) is 0. The van der Waals surface area contributed by atoms with Crippen LogP contribution in [0.4, 0.5) is 0 Å². The molecule has 0 aromatic heterocycles. The minimum absolute atomic E-state index is 0.942. The van der Waals surface area contributed by atoms with E-state index in [-0.39, 0.29) is 0 Å². The molecule has 0 bridgehead atoms. The summed E-state index contributed by atoms with van der Waals surface area (Å²) in [4.78, 5) is 0. The van der Waals surface area contributed by atoms with Crippen molar-refractivity contribution in [3.63, 3.8) is 0 Å². The van der Waals surface area contributed by atoms with Crippen molar-refractivity contribution in [3.8, 4) is 0 Å². The van der Waals surface area contributed by atoms with Crippen molar-refractivity contribution < 1.29 is 0 Å². The van der Waals surface area contributed by atoms with Crippen LogP contribution in [0.2, 0.25) is 4.78 Å². The summed E-state index contributed by atoms with van der Waals surface area (Å²) >= 11 is 2.94. The zero-order chi connectivity index (χ0) is 5.82. The van der Waals surface area contributed by atoms with Gasteiger partial charge in [0.1, 0.15) is 0 Å². The molecule has 1 rings (SSSR count). The summed E-state index contributed by atoms with van der Waals surface area (Å²) in [6.45, 7) is 0. The zero-order valence-corrected chi connectivity index (χ0v) is 6.55. The van der Waals surface area contributed by atoms with Crippen molar-refractivity contribution >= 4 is 16.3 Å². The summed E-state index contributed by atoms with van der Waals surface area (Å²) < 4.78 is 0.942. The Labute approximate surface area is 60.1 Å². The van der Waals surface area contributed by atoms with Gasteiger partial charge in [0.25, 0.3) is 0 Å². The Morgan fingerprint density at radius 2 is 1.38 bits per heavy atom. The molecule has 0 N–H and O–H groups in total. The van der Waals surface area contributed by atoms with Gasteiger partial charge in [0.2, 0.25) is 0 Å². The van der Waals surface area contributed by atoms with Gasteiger partial charge in [-0.05, 0) is 0 Å². The van der Waals surface area contributed by atoms with Gasteiger partial charge in [0.15, 0.2) is 0 Å². The van der Waals surface area contributed by atoms with Crippen LogP contribution in [0.3, 0.4) is 0 Å². The van der Waals surface area contributed by atoms with E-state index in [1.807, 2.05) is 0 Å². The minimum atomic E-state index is 0.942. The van der Waals surface area contributed by atoms with Crippen molar-refractivity contribution in [2.75, 3.05) is 0 Å². The van der Waals surface area contributed by atoms with Crippen LogP contribution >= 0.6 is 0 Å². The molecule has 42 valence electrons. The van der Waals surface area contributed by atoms with Crippen LogP contribution in [0.25, 0.3) is 0 Å². The van der Waals surface area contributed by atoms with Crippen LogP contribution < -0.4 is 0 Å². The van der Waals surface area contributed by atoms with Gasteiger partial charge < -0.3 is 0 Å². The van der Waals surface area contributed by atoms with Crippen LogP contribution in [-0.4, -0.2) is 16.3 Å². The molecule has 8 heavy (non-hydrogen) atoms. The van der Waals surface area contributed by atoms with Crippen molar-refractivity contribution in [1.29, 1.82) is 0 Å². The topological polar surface area (TPSA) is 0 Å². The van der Waals surface area contributed by atoms with Gasteiger partial charge in [-0.15, -0.1) is 0 Å². The summed E-state index contributed by atoms with van der Waals surface area (Å²) in [6, 6.07) is 0. The van der Waals surface area contributed by atoms with E-state index in [1.165, 1.54) is 38.5 Å². The van der Waals surface area contributed by atoms with Crippen LogP contribution in [0.5, 0.6) is 0 Å². The Hall–Kier alpha value is 0.532. The Bertz CT molecular complexity index is 53.4. The predicted molar refractivity (Wildman–Crippen MR) is 37.2 cm³/mol. The Morgan fingerprint density at radius 3 is 1.88 bits per heavy atom. The molecule has 1 saturated carbocycles. The Balaban J connectivity index is 2.17. The van der Waals surface area contributed by atoms with Gasteiger partial charge in [-0.2, -0.15) is 0 Å². The average Bonchev–Trinajstić information content (AvgIpc) is 1.94. The molecule has 0 heterocycles. The van der Waals surface area contributed by atoms with Crippen molar-refractivity contribution in [1.82, 2.24) is 0 Å². The average molecular weight is 124 g/mol. The Kier molecular flexibility index (Phi) is 2.94. The molecule has 0 saturated heterocycles. The number of rotatable bonds is 0. The molecular formula is C7H13Al+2. The molecule has 1 fully saturated rings. The number of hydrogen-bond acceptors (Lipinski definition) is 0. The van der Waals surface area contributed by atoms with E-state index in [0.717, 1.165) is 4.78 Å². The molecule has 1 aliphatic rings. The maximum absolute atomic E-state index is 2.94. The second-order valence-electron chi connectivity index (χ2n) is 2.75. The third-order valence-corrected chi connectivity index (χ3v) is 2.57. The van der Waals surface area contributed by atoms with Crippen molar-refractivity contribution in [3.05, 3.63) is 0 Å². The first kappa shape index (κ1) is 6.65. The van der Waals surface area contributed by atoms with E-state index in [4.69, 9.17) is 0 Å². The fourth-order valence-electron chi connectivity index (χ4n) is 1.31. The first-order valence-electron chi connectivity index (χ1n) is 3.65.